The summed E-state index contributed by atoms with van der Waals surface area (Å²) in [7, 11) is 0. The van der Waals surface area contributed by atoms with Crippen LogP contribution in [0.4, 0.5) is 0 Å². The first-order valence-corrected chi connectivity index (χ1v) is 11.7. The van der Waals surface area contributed by atoms with E-state index in [1.807, 2.05) is 6.08 Å². The van der Waals surface area contributed by atoms with Gasteiger partial charge in [-0.25, -0.2) is 0 Å². The Labute approximate surface area is 179 Å². The molecule has 0 aromatic carbocycles. The highest BCUT2D eigenvalue weighted by Crippen LogP contribution is 2.58. The standard InChI is InChI=1S/C24H36N2O4/c1-2-12-24-13-11-15(14-24)20(22(29)25-16-3-7-18(27)8-4-16)21(24)23(30)26-17-5-9-19(28)10-6-17/h2,11,13,15-21,27-28H,1,3-10,12,14H2,(H,25,29)(H,26,30). The van der Waals surface area contributed by atoms with Crippen LogP contribution in [0.15, 0.2) is 24.8 Å². The summed E-state index contributed by atoms with van der Waals surface area (Å²) in [6, 6.07) is 0.163. The third-order valence-electron chi connectivity index (χ3n) is 7.93. The van der Waals surface area contributed by atoms with Crippen LogP contribution in [-0.4, -0.2) is 46.3 Å². The van der Waals surface area contributed by atoms with E-state index >= 15 is 0 Å². The molecule has 0 radical (unpaired) electrons. The summed E-state index contributed by atoms with van der Waals surface area (Å²) in [6.07, 6.45) is 13.2. The topological polar surface area (TPSA) is 98.7 Å². The number of carbonyl (C=O) groups is 2. The van der Waals surface area contributed by atoms with Crippen LogP contribution in [0, 0.1) is 23.2 Å². The summed E-state index contributed by atoms with van der Waals surface area (Å²) in [5.41, 5.74) is -0.324. The van der Waals surface area contributed by atoms with E-state index in [1.54, 1.807) is 0 Å². The molecule has 0 spiro atoms. The molecule has 4 unspecified atom stereocenters. The molecule has 0 heterocycles. The summed E-state index contributed by atoms with van der Waals surface area (Å²) < 4.78 is 0. The number of aliphatic hydroxyl groups is 2. The number of rotatable bonds is 6. The minimum Gasteiger partial charge on any atom is -0.393 e. The predicted molar refractivity (Wildman–Crippen MR) is 114 cm³/mol. The number of hydrogen-bond acceptors (Lipinski definition) is 4. The lowest BCUT2D eigenvalue weighted by Gasteiger charge is -2.37. The Morgan fingerprint density at radius 2 is 1.47 bits per heavy atom. The first-order chi connectivity index (χ1) is 14.4. The van der Waals surface area contributed by atoms with Crippen LogP contribution in [0.2, 0.25) is 0 Å². The molecule has 4 aliphatic carbocycles. The van der Waals surface area contributed by atoms with Gasteiger partial charge < -0.3 is 20.8 Å². The molecule has 4 rings (SSSR count). The van der Waals surface area contributed by atoms with Crippen LogP contribution in [0.5, 0.6) is 0 Å². The van der Waals surface area contributed by atoms with E-state index in [1.165, 1.54) is 0 Å². The van der Waals surface area contributed by atoms with Gasteiger partial charge in [-0.1, -0.05) is 18.2 Å². The van der Waals surface area contributed by atoms with E-state index in [-0.39, 0.29) is 59.3 Å². The van der Waals surface area contributed by atoms with E-state index in [4.69, 9.17) is 0 Å². The number of allylic oxidation sites excluding steroid dienone is 3. The zero-order valence-corrected chi connectivity index (χ0v) is 17.8. The molecule has 4 N–H and O–H groups in total. The molecule has 30 heavy (non-hydrogen) atoms. The van der Waals surface area contributed by atoms with Crippen molar-refractivity contribution in [3.05, 3.63) is 24.8 Å². The van der Waals surface area contributed by atoms with Gasteiger partial charge >= 0.3 is 0 Å². The normalized spacial score (nSPS) is 42.7. The van der Waals surface area contributed by atoms with Crippen LogP contribution >= 0.6 is 0 Å². The summed E-state index contributed by atoms with van der Waals surface area (Å²) in [4.78, 5) is 26.8. The summed E-state index contributed by atoms with van der Waals surface area (Å²) in [5, 5.41) is 25.9. The highest BCUT2D eigenvalue weighted by atomic mass is 16.3. The molecule has 0 saturated heterocycles. The Morgan fingerprint density at radius 3 is 2.00 bits per heavy atom. The van der Waals surface area contributed by atoms with Gasteiger partial charge in [-0.2, -0.15) is 0 Å². The van der Waals surface area contributed by atoms with Gasteiger partial charge in [0.15, 0.2) is 0 Å². The van der Waals surface area contributed by atoms with Crippen LogP contribution < -0.4 is 10.6 Å². The van der Waals surface area contributed by atoms with E-state index < -0.39 is 0 Å². The summed E-state index contributed by atoms with van der Waals surface area (Å²) in [5.74, 6) is -0.689. The van der Waals surface area contributed by atoms with Crippen molar-refractivity contribution in [3.63, 3.8) is 0 Å². The van der Waals surface area contributed by atoms with Crippen molar-refractivity contribution in [1.82, 2.24) is 10.6 Å². The Hall–Kier alpha value is -1.66. The molecule has 0 aromatic rings. The van der Waals surface area contributed by atoms with Crippen molar-refractivity contribution >= 4 is 11.8 Å². The molecular weight excluding hydrogens is 380 g/mol. The van der Waals surface area contributed by atoms with Gasteiger partial charge in [-0.15, -0.1) is 6.58 Å². The van der Waals surface area contributed by atoms with E-state index in [0.29, 0.717) is 19.3 Å². The molecule has 6 heteroatoms. The number of aliphatic hydroxyl groups excluding tert-OH is 2. The number of hydrogen-bond donors (Lipinski definition) is 4. The first-order valence-electron chi connectivity index (χ1n) is 11.7. The maximum atomic E-state index is 13.5. The summed E-state index contributed by atoms with van der Waals surface area (Å²) >= 11 is 0. The van der Waals surface area contributed by atoms with Gasteiger partial charge in [0.05, 0.1) is 24.0 Å². The lowest BCUT2D eigenvalue weighted by molar-refractivity contribution is -0.138. The minimum absolute atomic E-state index is 0.0177. The highest BCUT2D eigenvalue weighted by molar-refractivity contribution is 5.90. The Kier molecular flexibility index (Phi) is 6.35. The molecule has 0 aliphatic heterocycles. The molecule has 4 atom stereocenters. The molecule has 4 aliphatic rings. The second-order valence-electron chi connectivity index (χ2n) is 9.98. The largest absolute Gasteiger partial charge is 0.393 e. The Balaban J connectivity index is 1.48. The zero-order valence-electron chi connectivity index (χ0n) is 17.8. The molecule has 3 fully saturated rings. The maximum Gasteiger partial charge on any atom is 0.225 e. The van der Waals surface area contributed by atoms with Gasteiger partial charge in [0.25, 0.3) is 0 Å². The molecule has 0 aromatic heterocycles. The van der Waals surface area contributed by atoms with Gasteiger partial charge in [0.2, 0.25) is 11.8 Å². The quantitative estimate of drug-likeness (QED) is 0.499. The van der Waals surface area contributed by atoms with E-state index in [2.05, 4.69) is 29.4 Å². The third-order valence-corrected chi connectivity index (χ3v) is 7.93. The first kappa shape index (κ1) is 21.6. The van der Waals surface area contributed by atoms with Crippen molar-refractivity contribution in [1.29, 1.82) is 0 Å². The van der Waals surface area contributed by atoms with Crippen molar-refractivity contribution in [2.75, 3.05) is 0 Å². The molecule has 166 valence electrons. The number of fused-ring (bicyclic) bond motifs is 2. The van der Waals surface area contributed by atoms with Crippen molar-refractivity contribution in [2.45, 2.75) is 88.5 Å². The second kappa shape index (κ2) is 8.83. The predicted octanol–water partition coefficient (Wildman–Crippen LogP) is 2.21. The van der Waals surface area contributed by atoms with Crippen LogP contribution in [-0.2, 0) is 9.59 Å². The van der Waals surface area contributed by atoms with Gasteiger partial charge in [0.1, 0.15) is 0 Å². The van der Waals surface area contributed by atoms with Crippen LogP contribution in [0.1, 0.15) is 64.2 Å². The van der Waals surface area contributed by atoms with Crippen LogP contribution in [0.25, 0.3) is 0 Å². The molecule has 2 amide bonds. The fraction of sp³-hybridized carbons (Fsp3) is 0.750. The monoisotopic (exact) mass is 416 g/mol. The second-order valence-corrected chi connectivity index (χ2v) is 9.98. The molecule has 3 saturated carbocycles. The fourth-order valence-electron chi connectivity index (χ4n) is 6.32. The molecular formula is C24H36N2O4. The minimum atomic E-state index is -0.383. The van der Waals surface area contributed by atoms with E-state index in [0.717, 1.165) is 44.9 Å². The highest BCUT2D eigenvalue weighted by Gasteiger charge is 2.59. The third kappa shape index (κ3) is 4.22. The number of amides is 2. The summed E-state index contributed by atoms with van der Waals surface area (Å²) in [6.45, 7) is 3.91. The smallest absolute Gasteiger partial charge is 0.225 e. The SMILES string of the molecule is C=CCC12C=CC(C1)C(C(=O)NC1CCC(O)CC1)C2C(=O)NC1CCC(O)CC1. The Bertz CT molecular complexity index is 691. The van der Waals surface area contributed by atoms with Gasteiger partial charge in [0, 0.05) is 17.5 Å². The van der Waals surface area contributed by atoms with Crippen molar-refractivity contribution in [2.24, 2.45) is 23.2 Å². The fourth-order valence-corrected chi connectivity index (χ4v) is 6.32. The van der Waals surface area contributed by atoms with Crippen molar-refractivity contribution in [3.8, 4) is 0 Å². The zero-order chi connectivity index (χ0) is 21.3. The number of carbonyl (C=O) groups excluding carboxylic acids is 2. The Morgan fingerprint density at radius 1 is 0.933 bits per heavy atom. The van der Waals surface area contributed by atoms with E-state index in [9.17, 15) is 19.8 Å². The van der Waals surface area contributed by atoms with Gasteiger partial charge in [-0.05, 0) is 70.1 Å². The van der Waals surface area contributed by atoms with Crippen molar-refractivity contribution < 1.29 is 19.8 Å². The number of nitrogens with one attached hydrogen (secondary N) is 2. The maximum absolute atomic E-state index is 13.5. The van der Waals surface area contributed by atoms with Gasteiger partial charge in [-0.3, -0.25) is 9.59 Å². The lowest BCUT2D eigenvalue weighted by atomic mass is 9.70. The van der Waals surface area contributed by atoms with Crippen LogP contribution in [0.3, 0.4) is 0 Å². The average molecular weight is 417 g/mol. The lowest BCUT2D eigenvalue weighted by Crippen LogP contribution is -2.51. The average Bonchev–Trinajstić information content (AvgIpc) is 3.28. The molecule has 6 nitrogen and oxygen atoms in total. The molecule has 2 bridgehead atoms.